The number of benzene rings is 2. The van der Waals surface area contributed by atoms with Crippen molar-refractivity contribution in [3.05, 3.63) is 71.8 Å². The monoisotopic (exact) mass is 408 g/mol. The lowest BCUT2D eigenvalue weighted by Gasteiger charge is -2.28. The highest BCUT2D eigenvalue weighted by atomic mass is 32.2. The van der Waals surface area contributed by atoms with Gasteiger partial charge in [-0.25, -0.2) is 0 Å². The van der Waals surface area contributed by atoms with Crippen LogP contribution in [-0.2, 0) is 11.3 Å². The summed E-state index contributed by atoms with van der Waals surface area (Å²) in [4.78, 5) is 2.29. The van der Waals surface area contributed by atoms with Crippen LogP contribution in [0.5, 0.6) is 0 Å². The molecule has 1 saturated heterocycles. The summed E-state index contributed by atoms with van der Waals surface area (Å²) < 4.78 is 7.82. The van der Waals surface area contributed by atoms with Gasteiger partial charge < -0.3 is 9.64 Å². The van der Waals surface area contributed by atoms with Crippen LogP contribution in [0.2, 0.25) is 0 Å². The molecule has 0 bridgehead atoms. The Hall–Kier alpha value is -2.31. The molecule has 0 atom stereocenters. The second-order valence-corrected chi connectivity index (χ2v) is 8.78. The van der Waals surface area contributed by atoms with Gasteiger partial charge in [-0.1, -0.05) is 86.3 Å². The molecular formula is C23H28N4OS. The highest BCUT2D eigenvalue weighted by Gasteiger charge is 2.24. The Morgan fingerprint density at radius 2 is 1.48 bits per heavy atom. The minimum absolute atomic E-state index is 0.171. The number of hydrogen-bond acceptors (Lipinski definition) is 5. The summed E-state index contributed by atoms with van der Waals surface area (Å²) in [6.45, 7) is 8.59. The first-order valence-electron chi connectivity index (χ1n) is 10.2. The molecule has 6 heteroatoms. The van der Waals surface area contributed by atoms with Crippen LogP contribution in [-0.4, -0.2) is 41.1 Å². The number of nitrogens with zero attached hydrogens (tertiary/aromatic N) is 4. The van der Waals surface area contributed by atoms with Crippen LogP contribution < -0.4 is 4.90 Å². The molecular weight excluding hydrogens is 380 g/mol. The van der Waals surface area contributed by atoms with Crippen molar-refractivity contribution in [2.24, 2.45) is 5.92 Å². The zero-order valence-corrected chi connectivity index (χ0v) is 17.9. The smallest absolute Gasteiger partial charge is 0.228 e. The van der Waals surface area contributed by atoms with Gasteiger partial charge in [-0.05, 0) is 17.0 Å². The lowest BCUT2D eigenvalue weighted by molar-refractivity contribution is 0.121. The maximum absolute atomic E-state index is 5.52. The van der Waals surface area contributed by atoms with Crippen LogP contribution in [0.15, 0.2) is 65.8 Å². The van der Waals surface area contributed by atoms with Crippen LogP contribution in [0.25, 0.3) is 0 Å². The van der Waals surface area contributed by atoms with Crippen LogP contribution >= 0.6 is 11.8 Å². The zero-order chi connectivity index (χ0) is 20.1. The van der Waals surface area contributed by atoms with E-state index in [2.05, 4.69) is 94.2 Å². The molecule has 152 valence electrons. The molecule has 0 spiro atoms. The Morgan fingerprint density at radius 3 is 2.03 bits per heavy atom. The van der Waals surface area contributed by atoms with E-state index in [0.29, 0.717) is 5.92 Å². The average Bonchev–Trinajstić information content (AvgIpc) is 3.15. The Balaban J connectivity index is 1.69. The molecule has 2 heterocycles. The fraction of sp³-hybridized carbons (Fsp3) is 0.391. The highest BCUT2D eigenvalue weighted by Crippen LogP contribution is 2.40. The fourth-order valence-corrected chi connectivity index (χ4v) is 4.75. The lowest BCUT2D eigenvalue weighted by atomic mass is 10.0. The Bertz CT molecular complexity index is 852. The number of aromatic nitrogens is 3. The highest BCUT2D eigenvalue weighted by molar-refractivity contribution is 7.99. The fourth-order valence-electron chi connectivity index (χ4n) is 3.58. The van der Waals surface area contributed by atoms with Crippen LogP contribution in [0.4, 0.5) is 5.95 Å². The quantitative estimate of drug-likeness (QED) is 0.532. The molecule has 2 aromatic carbocycles. The van der Waals surface area contributed by atoms with Crippen LogP contribution in [0.1, 0.15) is 30.2 Å². The van der Waals surface area contributed by atoms with Crippen molar-refractivity contribution in [3.63, 3.8) is 0 Å². The molecule has 0 N–H and O–H groups in total. The molecule has 0 amide bonds. The summed E-state index contributed by atoms with van der Waals surface area (Å²) >= 11 is 1.78. The summed E-state index contributed by atoms with van der Waals surface area (Å²) in [7, 11) is 0. The average molecular weight is 409 g/mol. The topological polar surface area (TPSA) is 43.2 Å². The number of ether oxygens (including phenoxy) is 1. The van der Waals surface area contributed by atoms with Crippen molar-refractivity contribution in [3.8, 4) is 0 Å². The molecule has 5 nitrogen and oxygen atoms in total. The third-order valence-corrected chi connectivity index (χ3v) is 6.26. The van der Waals surface area contributed by atoms with Crippen molar-refractivity contribution >= 4 is 17.7 Å². The first kappa shape index (κ1) is 20.0. The van der Waals surface area contributed by atoms with E-state index in [1.807, 2.05) is 0 Å². The molecule has 3 aromatic rings. The van der Waals surface area contributed by atoms with Gasteiger partial charge in [-0.2, -0.15) is 0 Å². The van der Waals surface area contributed by atoms with Crippen molar-refractivity contribution in [1.82, 2.24) is 14.8 Å². The van der Waals surface area contributed by atoms with Gasteiger partial charge in [-0.15, -0.1) is 10.2 Å². The maximum Gasteiger partial charge on any atom is 0.228 e. The number of thioether (sulfide) groups is 1. The standard InChI is InChI=1S/C23H28N4OS/c1-18(2)17-27-22(26-13-15-28-16-14-26)24-25-23(27)29-21(19-9-5-3-6-10-19)20-11-7-4-8-12-20/h3-12,18,21H,13-17H2,1-2H3. The van der Waals surface area contributed by atoms with Gasteiger partial charge in [-0.3, -0.25) is 4.57 Å². The van der Waals surface area contributed by atoms with Gasteiger partial charge in [0, 0.05) is 19.6 Å². The second-order valence-electron chi connectivity index (χ2n) is 7.71. The number of rotatable bonds is 7. The number of hydrogen-bond donors (Lipinski definition) is 0. The second kappa shape index (κ2) is 9.46. The minimum atomic E-state index is 0.171. The van der Waals surface area contributed by atoms with E-state index in [-0.39, 0.29) is 5.25 Å². The molecule has 1 aromatic heterocycles. The predicted molar refractivity (Wildman–Crippen MR) is 118 cm³/mol. The van der Waals surface area contributed by atoms with E-state index < -0.39 is 0 Å². The van der Waals surface area contributed by atoms with Gasteiger partial charge >= 0.3 is 0 Å². The number of morpholine rings is 1. The molecule has 0 aliphatic carbocycles. The minimum Gasteiger partial charge on any atom is -0.378 e. The SMILES string of the molecule is CC(C)Cn1c(SC(c2ccccc2)c2ccccc2)nnc1N1CCOCC1. The summed E-state index contributed by atoms with van der Waals surface area (Å²) in [6, 6.07) is 21.3. The molecule has 1 aliphatic rings. The summed E-state index contributed by atoms with van der Waals surface area (Å²) in [5.41, 5.74) is 2.55. The van der Waals surface area contributed by atoms with Gasteiger partial charge in [0.25, 0.3) is 0 Å². The maximum atomic E-state index is 5.52. The Morgan fingerprint density at radius 1 is 0.897 bits per heavy atom. The van der Waals surface area contributed by atoms with Gasteiger partial charge in [0.1, 0.15) is 0 Å². The van der Waals surface area contributed by atoms with Gasteiger partial charge in [0.05, 0.1) is 18.5 Å². The van der Waals surface area contributed by atoms with E-state index in [1.54, 1.807) is 11.8 Å². The van der Waals surface area contributed by atoms with Gasteiger partial charge in [0.2, 0.25) is 5.95 Å². The number of anilines is 1. The Kier molecular flexibility index (Phi) is 6.52. The normalized spacial score (nSPS) is 14.7. The molecule has 0 unspecified atom stereocenters. The Labute approximate surface area is 177 Å². The summed E-state index contributed by atoms with van der Waals surface area (Å²) in [5.74, 6) is 1.47. The molecule has 1 aliphatic heterocycles. The first-order chi connectivity index (χ1) is 14.2. The van der Waals surface area contributed by atoms with E-state index in [1.165, 1.54) is 11.1 Å². The lowest BCUT2D eigenvalue weighted by Crippen LogP contribution is -2.38. The first-order valence-corrected chi connectivity index (χ1v) is 11.1. The molecule has 0 radical (unpaired) electrons. The zero-order valence-electron chi connectivity index (χ0n) is 17.1. The summed E-state index contributed by atoms with van der Waals surface area (Å²) in [5, 5.41) is 10.4. The predicted octanol–water partition coefficient (Wildman–Crippen LogP) is 4.65. The third kappa shape index (κ3) is 4.82. The molecule has 4 rings (SSSR count). The molecule has 1 fully saturated rings. The van der Waals surface area contributed by atoms with Crippen molar-refractivity contribution < 1.29 is 4.74 Å². The van der Waals surface area contributed by atoms with Crippen molar-refractivity contribution in [2.75, 3.05) is 31.2 Å². The van der Waals surface area contributed by atoms with Crippen molar-refractivity contribution in [1.29, 1.82) is 0 Å². The van der Waals surface area contributed by atoms with E-state index >= 15 is 0 Å². The largest absolute Gasteiger partial charge is 0.378 e. The van der Waals surface area contributed by atoms with Crippen LogP contribution in [0, 0.1) is 5.92 Å². The molecule has 29 heavy (non-hydrogen) atoms. The van der Waals surface area contributed by atoms with E-state index in [9.17, 15) is 0 Å². The van der Waals surface area contributed by atoms with Gasteiger partial charge in [0.15, 0.2) is 5.16 Å². The summed E-state index contributed by atoms with van der Waals surface area (Å²) in [6.07, 6.45) is 0. The van der Waals surface area contributed by atoms with E-state index in [0.717, 1.165) is 44.0 Å². The van der Waals surface area contributed by atoms with E-state index in [4.69, 9.17) is 4.74 Å². The van der Waals surface area contributed by atoms with Crippen molar-refractivity contribution in [2.45, 2.75) is 30.8 Å². The molecule has 0 saturated carbocycles. The van der Waals surface area contributed by atoms with Crippen LogP contribution in [0.3, 0.4) is 0 Å². The third-order valence-electron chi connectivity index (χ3n) is 4.97.